The first-order chi connectivity index (χ1) is 8.04. The molecule has 92 valence electrons. The van der Waals surface area contributed by atoms with Crippen LogP contribution in [0.2, 0.25) is 0 Å². The molecular formula is C11H14N2O4. The number of aliphatic carboxylic acids is 1. The molecule has 0 aliphatic carbocycles. The van der Waals surface area contributed by atoms with Crippen LogP contribution in [0.4, 0.5) is 5.69 Å². The predicted molar refractivity (Wildman–Crippen MR) is 61.1 cm³/mol. The van der Waals surface area contributed by atoms with Crippen LogP contribution in [0.1, 0.15) is 16.9 Å². The minimum atomic E-state index is -0.862. The molecule has 0 unspecified atom stereocenters. The van der Waals surface area contributed by atoms with Gasteiger partial charge in [-0.3, -0.25) is 4.79 Å². The Bertz CT molecular complexity index is 420. The summed E-state index contributed by atoms with van der Waals surface area (Å²) in [4.78, 5) is 27.3. The molecule has 0 atom stereocenters. The molecule has 1 N–H and O–H groups in total. The molecule has 6 nitrogen and oxygen atoms in total. The monoisotopic (exact) mass is 238 g/mol. The van der Waals surface area contributed by atoms with Gasteiger partial charge in [-0.15, -0.1) is 0 Å². The van der Waals surface area contributed by atoms with Crippen LogP contribution in [0.3, 0.4) is 0 Å². The number of methoxy groups -OCH3 is 1. The summed E-state index contributed by atoms with van der Waals surface area (Å²) < 4.78 is 4.56. The van der Waals surface area contributed by atoms with Gasteiger partial charge in [-0.2, -0.15) is 0 Å². The van der Waals surface area contributed by atoms with Gasteiger partial charge in [-0.1, -0.05) is 0 Å². The van der Waals surface area contributed by atoms with Crippen molar-refractivity contribution in [3.05, 3.63) is 24.0 Å². The van der Waals surface area contributed by atoms with Crippen LogP contribution in [0, 0.1) is 0 Å². The first kappa shape index (κ1) is 13.0. The first-order valence-corrected chi connectivity index (χ1v) is 5.02. The second-order valence-corrected chi connectivity index (χ2v) is 3.46. The molecular weight excluding hydrogens is 224 g/mol. The van der Waals surface area contributed by atoms with E-state index < -0.39 is 11.9 Å². The van der Waals surface area contributed by atoms with Gasteiger partial charge < -0.3 is 14.7 Å². The van der Waals surface area contributed by atoms with E-state index in [9.17, 15) is 9.59 Å². The normalized spacial score (nSPS) is 9.76. The van der Waals surface area contributed by atoms with Gasteiger partial charge in [0.15, 0.2) is 0 Å². The van der Waals surface area contributed by atoms with Gasteiger partial charge in [0.05, 0.1) is 13.5 Å². The number of carbonyl (C=O) groups is 2. The molecule has 0 radical (unpaired) electrons. The Morgan fingerprint density at radius 2 is 2.24 bits per heavy atom. The molecule has 0 bridgehead atoms. The van der Waals surface area contributed by atoms with Crippen LogP contribution in [-0.4, -0.2) is 42.7 Å². The van der Waals surface area contributed by atoms with Crippen molar-refractivity contribution >= 4 is 17.6 Å². The Labute approximate surface area is 98.8 Å². The number of nitrogens with zero attached hydrogens (tertiary/aromatic N) is 2. The molecule has 6 heteroatoms. The minimum absolute atomic E-state index is 0.0341. The van der Waals surface area contributed by atoms with E-state index in [0.717, 1.165) is 5.69 Å². The summed E-state index contributed by atoms with van der Waals surface area (Å²) in [5.41, 5.74) is 0.925. The van der Waals surface area contributed by atoms with Crippen molar-refractivity contribution in [1.82, 2.24) is 4.98 Å². The number of anilines is 1. The summed E-state index contributed by atoms with van der Waals surface area (Å²) in [6.45, 7) is 0.361. The Morgan fingerprint density at radius 1 is 1.53 bits per heavy atom. The fourth-order valence-corrected chi connectivity index (χ4v) is 1.27. The third kappa shape index (κ3) is 3.75. The zero-order valence-electron chi connectivity index (χ0n) is 9.71. The SMILES string of the molecule is COC(=O)c1cc(N(C)CCC(=O)O)ccn1. The molecule has 1 rings (SSSR count). The molecule has 0 aliphatic rings. The summed E-state index contributed by atoms with van der Waals surface area (Å²) in [6.07, 6.45) is 1.52. The van der Waals surface area contributed by atoms with E-state index in [4.69, 9.17) is 5.11 Å². The van der Waals surface area contributed by atoms with Crippen LogP contribution >= 0.6 is 0 Å². The fraction of sp³-hybridized carbons (Fsp3) is 0.364. The molecule has 0 amide bonds. The number of esters is 1. The molecule has 0 spiro atoms. The smallest absolute Gasteiger partial charge is 0.356 e. The van der Waals surface area contributed by atoms with Gasteiger partial charge >= 0.3 is 11.9 Å². The number of pyridine rings is 1. The van der Waals surface area contributed by atoms with Gasteiger partial charge in [0.25, 0.3) is 0 Å². The number of ether oxygens (including phenoxy) is 1. The third-order valence-electron chi connectivity index (χ3n) is 2.24. The lowest BCUT2D eigenvalue weighted by atomic mass is 10.3. The average molecular weight is 238 g/mol. The van der Waals surface area contributed by atoms with Crippen LogP contribution in [0.25, 0.3) is 0 Å². The zero-order valence-corrected chi connectivity index (χ0v) is 9.71. The highest BCUT2D eigenvalue weighted by atomic mass is 16.5. The van der Waals surface area contributed by atoms with Gasteiger partial charge in [0, 0.05) is 25.5 Å². The van der Waals surface area contributed by atoms with Gasteiger partial charge in [0.1, 0.15) is 5.69 Å². The first-order valence-electron chi connectivity index (χ1n) is 5.02. The van der Waals surface area contributed by atoms with E-state index in [-0.39, 0.29) is 12.1 Å². The highest BCUT2D eigenvalue weighted by molar-refractivity contribution is 5.88. The minimum Gasteiger partial charge on any atom is -0.481 e. The quantitative estimate of drug-likeness (QED) is 0.763. The van der Waals surface area contributed by atoms with Crippen molar-refractivity contribution in [3.8, 4) is 0 Å². The standard InChI is InChI=1S/C11H14N2O4/c1-13(6-4-10(14)15)8-3-5-12-9(7-8)11(16)17-2/h3,5,7H,4,6H2,1-2H3,(H,14,15). The molecule has 1 heterocycles. The zero-order chi connectivity index (χ0) is 12.8. The number of carboxylic acids is 1. The summed E-state index contributed by atoms with van der Waals surface area (Å²) >= 11 is 0. The molecule has 1 aromatic rings. The maximum atomic E-state index is 11.3. The highest BCUT2D eigenvalue weighted by Gasteiger charge is 2.10. The van der Waals surface area contributed by atoms with Crippen LogP contribution in [0.15, 0.2) is 18.3 Å². The molecule has 0 fully saturated rings. The number of hydrogen-bond donors (Lipinski definition) is 1. The third-order valence-corrected chi connectivity index (χ3v) is 2.24. The average Bonchev–Trinajstić information content (AvgIpc) is 2.35. The molecule has 0 aliphatic heterocycles. The fourth-order valence-electron chi connectivity index (χ4n) is 1.27. The van der Waals surface area contributed by atoms with Crippen molar-refractivity contribution in [2.24, 2.45) is 0 Å². The van der Waals surface area contributed by atoms with Crippen LogP contribution in [0.5, 0.6) is 0 Å². The second kappa shape index (κ2) is 5.83. The van der Waals surface area contributed by atoms with Crippen molar-refractivity contribution in [2.45, 2.75) is 6.42 Å². The Balaban J connectivity index is 2.76. The van der Waals surface area contributed by atoms with Crippen LogP contribution < -0.4 is 4.90 Å². The Hall–Kier alpha value is -2.11. The highest BCUT2D eigenvalue weighted by Crippen LogP contribution is 2.13. The van der Waals surface area contributed by atoms with Crippen molar-refractivity contribution in [3.63, 3.8) is 0 Å². The Kier molecular flexibility index (Phi) is 4.45. The number of aromatic nitrogens is 1. The number of carboxylic acid groups (broad SMARTS) is 1. The van der Waals surface area contributed by atoms with Crippen molar-refractivity contribution < 1.29 is 19.4 Å². The van der Waals surface area contributed by atoms with E-state index >= 15 is 0 Å². The van der Waals surface area contributed by atoms with E-state index in [1.54, 1.807) is 24.1 Å². The summed E-state index contributed by atoms with van der Waals surface area (Å²) in [5.74, 6) is -1.38. The van der Waals surface area contributed by atoms with E-state index in [1.807, 2.05) is 0 Å². The summed E-state index contributed by atoms with van der Waals surface area (Å²) in [7, 11) is 3.03. The lowest BCUT2D eigenvalue weighted by Gasteiger charge is -2.18. The van der Waals surface area contributed by atoms with Gasteiger partial charge in [0.2, 0.25) is 0 Å². The molecule has 0 saturated heterocycles. The number of hydrogen-bond acceptors (Lipinski definition) is 5. The van der Waals surface area contributed by atoms with E-state index in [1.165, 1.54) is 13.3 Å². The van der Waals surface area contributed by atoms with Gasteiger partial charge in [-0.25, -0.2) is 9.78 Å². The largest absolute Gasteiger partial charge is 0.481 e. The van der Waals surface area contributed by atoms with Crippen molar-refractivity contribution in [1.29, 1.82) is 0 Å². The molecule has 17 heavy (non-hydrogen) atoms. The molecule has 1 aromatic heterocycles. The lowest BCUT2D eigenvalue weighted by Crippen LogP contribution is -2.21. The van der Waals surface area contributed by atoms with Crippen molar-refractivity contribution in [2.75, 3.05) is 25.6 Å². The number of rotatable bonds is 5. The molecule has 0 aromatic carbocycles. The summed E-state index contributed by atoms with van der Waals surface area (Å²) in [6, 6.07) is 3.27. The maximum Gasteiger partial charge on any atom is 0.356 e. The predicted octanol–water partition coefficient (Wildman–Crippen LogP) is 0.779. The van der Waals surface area contributed by atoms with Crippen LogP contribution in [-0.2, 0) is 9.53 Å². The number of carbonyl (C=O) groups excluding carboxylic acids is 1. The second-order valence-electron chi connectivity index (χ2n) is 3.46. The van der Waals surface area contributed by atoms with E-state index in [0.29, 0.717) is 6.54 Å². The summed E-state index contributed by atoms with van der Waals surface area (Å²) in [5, 5.41) is 8.58. The van der Waals surface area contributed by atoms with Gasteiger partial charge in [-0.05, 0) is 12.1 Å². The lowest BCUT2D eigenvalue weighted by molar-refractivity contribution is -0.136. The molecule has 0 saturated carbocycles. The topological polar surface area (TPSA) is 79.7 Å². The Morgan fingerprint density at radius 3 is 2.82 bits per heavy atom. The van der Waals surface area contributed by atoms with E-state index in [2.05, 4.69) is 9.72 Å². The maximum absolute atomic E-state index is 11.3.